The van der Waals surface area contributed by atoms with Gasteiger partial charge in [0.2, 0.25) is 0 Å². The highest BCUT2D eigenvalue weighted by molar-refractivity contribution is 8.13. The number of alkyl carbamates (subject to hydrolysis) is 1. The molecule has 26 heavy (non-hydrogen) atoms. The van der Waals surface area contributed by atoms with Crippen molar-refractivity contribution >= 4 is 23.0 Å². The van der Waals surface area contributed by atoms with Crippen molar-refractivity contribution in [1.82, 2.24) is 5.32 Å². The normalized spacial score (nSPS) is 28.7. The van der Waals surface area contributed by atoms with E-state index < -0.39 is 17.2 Å². The zero-order valence-electron chi connectivity index (χ0n) is 15.6. The van der Waals surface area contributed by atoms with E-state index in [0.29, 0.717) is 23.1 Å². The molecule has 0 spiro atoms. The van der Waals surface area contributed by atoms with E-state index in [2.05, 4.69) is 12.2 Å². The third kappa shape index (κ3) is 3.60. The molecule has 0 aromatic heterocycles. The standard InChI is InChI=1S/C19H25FN2O3S/c1-17(2,3)25-16(23)21-15-22-19(13-7-5-6-8-14(13)20)11-24-10-9-18(19,4)12-26-15/h5-8H,9-12H2,1-4H3,(H,21,22,23)/t18-,19?/m0/s1. The summed E-state index contributed by atoms with van der Waals surface area (Å²) in [6.45, 7) is 8.42. The summed E-state index contributed by atoms with van der Waals surface area (Å²) in [6, 6.07) is 6.67. The van der Waals surface area contributed by atoms with Gasteiger partial charge in [-0.25, -0.2) is 14.2 Å². The number of benzene rings is 1. The minimum atomic E-state index is -0.869. The van der Waals surface area contributed by atoms with Crippen LogP contribution in [0.5, 0.6) is 0 Å². The number of nitrogens with zero attached hydrogens (tertiary/aromatic N) is 1. The second-order valence-corrected chi connectivity index (χ2v) is 9.00. The summed E-state index contributed by atoms with van der Waals surface area (Å²) in [4.78, 5) is 17.0. The summed E-state index contributed by atoms with van der Waals surface area (Å²) in [7, 11) is 0. The molecule has 1 unspecified atom stereocenters. The largest absolute Gasteiger partial charge is 0.444 e. The molecule has 1 amide bonds. The van der Waals surface area contributed by atoms with E-state index in [1.807, 2.05) is 0 Å². The van der Waals surface area contributed by atoms with Crippen molar-refractivity contribution in [2.75, 3.05) is 19.0 Å². The van der Waals surface area contributed by atoms with Gasteiger partial charge in [0.1, 0.15) is 17.0 Å². The molecule has 2 atom stereocenters. The number of fused-ring (bicyclic) bond motifs is 1. The number of amidine groups is 1. The van der Waals surface area contributed by atoms with Crippen LogP contribution in [-0.2, 0) is 15.0 Å². The van der Waals surface area contributed by atoms with Crippen molar-refractivity contribution in [1.29, 1.82) is 0 Å². The molecule has 1 N–H and O–H groups in total. The van der Waals surface area contributed by atoms with Gasteiger partial charge in [0.15, 0.2) is 5.17 Å². The van der Waals surface area contributed by atoms with Crippen LogP contribution in [-0.4, -0.2) is 35.8 Å². The molecular weight excluding hydrogens is 355 g/mol. The van der Waals surface area contributed by atoms with Gasteiger partial charge in [-0.05, 0) is 33.3 Å². The fourth-order valence-corrected chi connectivity index (χ4v) is 4.62. The number of rotatable bonds is 1. The van der Waals surface area contributed by atoms with Gasteiger partial charge < -0.3 is 9.47 Å². The van der Waals surface area contributed by atoms with Crippen molar-refractivity contribution in [2.45, 2.75) is 45.3 Å². The molecule has 1 aromatic carbocycles. The molecular formula is C19H25FN2O3S. The van der Waals surface area contributed by atoms with Crippen LogP contribution in [0.25, 0.3) is 0 Å². The van der Waals surface area contributed by atoms with Crippen molar-refractivity contribution in [2.24, 2.45) is 10.4 Å². The zero-order valence-corrected chi connectivity index (χ0v) is 16.4. The fourth-order valence-electron chi connectivity index (χ4n) is 3.41. The molecule has 0 radical (unpaired) electrons. The van der Waals surface area contributed by atoms with Crippen LogP contribution in [0, 0.1) is 11.2 Å². The van der Waals surface area contributed by atoms with E-state index in [0.717, 1.165) is 6.42 Å². The van der Waals surface area contributed by atoms with E-state index >= 15 is 0 Å². The molecule has 1 saturated heterocycles. The lowest BCUT2D eigenvalue weighted by molar-refractivity contribution is -0.0441. The third-order valence-corrected chi connectivity index (χ3v) is 6.10. The number of hydrogen-bond acceptors (Lipinski definition) is 5. The lowest BCUT2D eigenvalue weighted by atomic mass is 9.65. The molecule has 2 aliphatic heterocycles. The third-order valence-electron chi connectivity index (χ3n) is 4.85. The van der Waals surface area contributed by atoms with Crippen molar-refractivity contribution in [3.8, 4) is 0 Å². The molecule has 0 saturated carbocycles. The molecule has 142 valence electrons. The Morgan fingerprint density at radius 3 is 2.81 bits per heavy atom. The quantitative estimate of drug-likeness (QED) is 0.798. The number of hydrogen-bond donors (Lipinski definition) is 1. The van der Waals surface area contributed by atoms with Gasteiger partial charge in [-0.2, -0.15) is 0 Å². The number of carbonyl (C=O) groups is 1. The Morgan fingerprint density at radius 2 is 2.12 bits per heavy atom. The average Bonchev–Trinajstić information content (AvgIpc) is 2.53. The molecule has 1 fully saturated rings. The Hall–Kier alpha value is -1.60. The Morgan fingerprint density at radius 1 is 1.38 bits per heavy atom. The second kappa shape index (κ2) is 6.85. The van der Waals surface area contributed by atoms with E-state index in [9.17, 15) is 9.18 Å². The molecule has 0 aliphatic carbocycles. The first kappa shape index (κ1) is 19.2. The van der Waals surface area contributed by atoms with Gasteiger partial charge in [0.05, 0.1) is 6.61 Å². The minimum Gasteiger partial charge on any atom is -0.444 e. The number of halogens is 1. The zero-order chi connectivity index (χ0) is 19.0. The fraction of sp³-hybridized carbons (Fsp3) is 0.579. The predicted octanol–water partition coefficient (Wildman–Crippen LogP) is 4.08. The first-order valence-electron chi connectivity index (χ1n) is 8.71. The average molecular weight is 380 g/mol. The highest BCUT2D eigenvalue weighted by Crippen LogP contribution is 2.53. The van der Waals surface area contributed by atoms with E-state index in [4.69, 9.17) is 14.5 Å². The summed E-state index contributed by atoms with van der Waals surface area (Å²) < 4.78 is 25.7. The Balaban J connectivity index is 1.98. The van der Waals surface area contributed by atoms with Crippen molar-refractivity contribution in [3.63, 3.8) is 0 Å². The molecule has 7 heteroatoms. The molecule has 5 nitrogen and oxygen atoms in total. The maximum Gasteiger partial charge on any atom is 0.413 e. The van der Waals surface area contributed by atoms with Gasteiger partial charge in [0.25, 0.3) is 0 Å². The van der Waals surface area contributed by atoms with Crippen LogP contribution in [0.15, 0.2) is 29.3 Å². The van der Waals surface area contributed by atoms with Crippen LogP contribution in [0.4, 0.5) is 9.18 Å². The Kier molecular flexibility index (Phi) is 5.05. The highest BCUT2D eigenvalue weighted by Gasteiger charge is 2.55. The highest BCUT2D eigenvalue weighted by atomic mass is 32.2. The number of amides is 1. The topological polar surface area (TPSA) is 59.9 Å². The first-order valence-corrected chi connectivity index (χ1v) is 9.69. The molecule has 0 bridgehead atoms. The second-order valence-electron chi connectivity index (χ2n) is 8.04. The lowest BCUT2D eigenvalue weighted by Crippen LogP contribution is -2.55. The van der Waals surface area contributed by atoms with Crippen LogP contribution in [0.3, 0.4) is 0 Å². The summed E-state index contributed by atoms with van der Waals surface area (Å²) in [5, 5.41) is 3.15. The van der Waals surface area contributed by atoms with E-state index in [1.165, 1.54) is 17.8 Å². The number of thioether (sulfide) groups is 1. The van der Waals surface area contributed by atoms with Crippen LogP contribution < -0.4 is 5.32 Å². The summed E-state index contributed by atoms with van der Waals surface area (Å²) >= 11 is 1.46. The molecule has 3 rings (SSSR count). The lowest BCUT2D eigenvalue weighted by Gasteiger charge is -2.51. The SMILES string of the molecule is CC(C)(C)OC(=O)NC1=NC2(c3ccccc3F)COCC[C@@]2(C)CS1. The van der Waals surface area contributed by atoms with Gasteiger partial charge in [-0.15, -0.1) is 0 Å². The summed E-state index contributed by atoms with van der Waals surface area (Å²) in [6.07, 6.45) is 0.213. The number of aliphatic imine (C=N–C) groups is 1. The number of nitrogens with one attached hydrogen (secondary N) is 1. The van der Waals surface area contributed by atoms with Gasteiger partial charge in [0, 0.05) is 23.3 Å². The van der Waals surface area contributed by atoms with E-state index in [1.54, 1.807) is 39.0 Å². The van der Waals surface area contributed by atoms with Gasteiger partial charge in [-0.3, -0.25) is 5.32 Å². The van der Waals surface area contributed by atoms with Crippen molar-refractivity contribution in [3.05, 3.63) is 35.6 Å². The monoisotopic (exact) mass is 380 g/mol. The minimum absolute atomic E-state index is 0.267. The first-order chi connectivity index (χ1) is 12.2. The van der Waals surface area contributed by atoms with Crippen LogP contribution in [0.2, 0.25) is 0 Å². The maximum atomic E-state index is 14.7. The molecule has 1 aromatic rings. The Labute approximate surface area is 157 Å². The van der Waals surface area contributed by atoms with Gasteiger partial charge in [-0.1, -0.05) is 36.9 Å². The Bertz CT molecular complexity index is 734. The van der Waals surface area contributed by atoms with Crippen LogP contribution >= 0.6 is 11.8 Å². The number of carbonyl (C=O) groups excluding carboxylic acids is 1. The van der Waals surface area contributed by atoms with Crippen molar-refractivity contribution < 1.29 is 18.7 Å². The number of ether oxygens (including phenoxy) is 2. The van der Waals surface area contributed by atoms with Gasteiger partial charge >= 0.3 is 6.09 Å². The summed E-state index contributed by atoms with van der Waals surface area (Å²) in [5.41, 5.74) is -1.23. The van der Waals surface area contributed by atoms with Crippen LogP contribution in [0.1, 0.15) is 39.7 Å². The summed E-state index contributed by atoms with van der Waals surface area (Å²) in [5.74, 6) is 0.399. The maximum absolute atomic E-state index is 14.7. The van der Waals surface area contributed by atoms with E-state index in [-0.39, 0.29) is 17.8 Å². The predicted molar refractivity (Wildman–Crippen MR) is 101 cm³/mol. The molecule has 2 heterocycles. The molecule has 2 aliphatic rings. The smallest absolute Gasteiger partial charge is 0.413 e.